The predicted octanol–water partition coefficient (Wildman–Crippen LogP) is 4.83. The summed E-state index contributed by atoms with van der Waals surface area (Å²) in [5, 5.41) is 3.62. The lowest BCUT2D eigenvalue weighted by atomic mass is 9.75. The van der Waals surface area contributed by atoms with Crippen LogP contribution in [0.1, 0.15) is 39.5 Å². The summed E-state index contributed by atoms with van der Waals surface area (Å²) >= 11 is 3.46. The van der Waals surface area contributed by atoms with E-state index in [2.05, 4.69) is 59.4 Å². The maximum absolute atomic E-state index is 3.62. The number of nitrogens with one attached hydrogen (secondary N) is 1. The Hall–Kier alpha value is -0.500. The molecule has 0 amide bonds. The predicted molar refractivity (Wildman–Crippen MR) is 73.8 cm³/mol. The normalized spacial score (nSPS) is 20.7. The maximum Gasteiger partial charge on any atom is 0.0343 e. The van der Waals surface area contributed by atoms with Crippen molar-refractivity contribution >= 4 is 21.6 Å². The molecule has 1 nitrogen and oxygen atoms in total. The lowest BCUT2D eigenvalue weighted by Crippen LogP contribution is -2.29. The van der Waals surface area contributed by atoms with Gasteiger partial charge in [0.15, 0.2) is 0 Å². The number of hydrogen-bond acceptors (Lipinski definition) is 1. The molecular formula is C14H20BrN. The summed E-state index contributed by atoms with van der Waals surface area (Å²) in [6.07, 6.45) is 5.26. The third kappa shape index (κ3) is 3.24. The van der Waals surface area contributed by atoms with Gasteiger partial charge in [-0.1, -0.05) is 29.8 Å². The van der Waals surface area contributed by atoms with E-state index in [1.165, 1.54) is 31.4 Å². The fourth-order valence-corrected chi connectivity index (χ4v) is 2.59. The van der Waals surface area contributed by atoms with Gasteiger partial charge in [-0.25, -0.2) is 0 Å². The molecule has 16 heavy (non-hydrogen) atoms. The molecule has 1 saturated carbocycles. The van der Waals surface area contributed by atoms with E-state index in [0.29, 0.717) is 11.5 Å². The third-order valence-electron chi connectivity index (χ3n) is 3.55. The van der Waals surface area contributed by atoms with Gasteiger partial charge in [-0.3, -0.25) is 0 Å². The topological polar surface area (TPSA) is 12.0 Å². The van der Waals surface area contributed by atoms with E-state index < -0.39 is 0 Å². The third-order valence-corrected chi connectivity index (χ3v) is 4.08. The summed E-state index contributed by atoms with van der Waals surface area (Å²) < 4.78 is 1.14. The highest BCUT2D eigenvalue weighted by Crippen LogP contribution is 2.36. The highest BCUT2D eigenvalue weighted by atomic mass is 79.9. The van der Waals surface area contributed by atoms with Crippen molar-refractivity contribution in [1.82, 2.24) is 0 Å². The molecule has 1 fully saturated rings. The van der Waals surface area contributed by atoms with Crippen LogP contribution in [0.4, 0.5) is 5.69 Å². The Balaban J connectivity index is 1.89. The first-order chi connectivity index (χ1) is 7.55. The number of halogens is 1. The highest BCUT2D eigenvalue weighted by molar-refractivity contribution is 9.10. The van der Waals surface area contributed by atoms with Gasteiger partial charge in [0.05, 0.1) is 0 Å². The molecule has 0 spiro atoms. The van der Waals surface area contributed by atoms with Gasteiger partial charge in [0.25, 0.3) is 0 Å². The molecule has 0 aromatic heterocycles. The van der Waals surface area contributed by atoms with Gasteiger partial charge in [-0.15, -0.1) is 0 Å². The van der Waals surface area contributed by atoms with Gasteiger partial charge in [0.2, 0.25) is 0 Å². The van der Waals surface area contributed by atoms with Crippen LogP contribution < -0.4 is 5.32 Å². The molecule has 0 bridgehead atoms. The molecule has 2 heteroatoms. The first-order valence-corrected chi connectivity index (χ1v) is 6.87. The van der Waals surface area contributed by atoms with Crippen LogP contribution in [0.5, 0.6) is 0 Å². The van der Waals surface area contributed by atoms with Crippen molar-refractivity contribution in [2.45, 2.75) is 45.6 Å². The van der Waals surface area contributed by atoms with E-state index in [9.17, 15) is 0 Å². The van der Waals surface area contributed by atoms with Gasteiger partial charge in [0.1, 0.15) is 0 Å². The Bertz CT molecular complexity index is 332. The Labute approximate surface area is 107 Å². The van der Waals surface area contributed by atoms with Crippen LogP contribution in [0, 0.1) is 5.41 Å². The second-order valence-corrected chi connectivity index (χ2v) is 6.51. The fraction of sp³-hybridized carbons (Fsp3) is 0.571. The van der Waals surface area contributed by atoms with E-state index in [1.807, 2.05) is 0 Å². The lowest BCUT2D eigenvalue weighted by molar-refractivity contribution is 0.232. The number of rotatable bonds is 2. The number of hydrogen-bond donors (Lipinski definition) is 1. The van der Waals surface area contributed by atoms with Crippen LogP contribution in [-0.2, 0) is 0 Å². The number of anilines is 1. The molecule has 0 unspecified atom stereocenters. The summed E-state index contributed by atoms with van der Waals surface area (Å²) in [7, 11) is 0. The zero-order chi connectivity index (χ0) is 11.6. The van der Waals surface area contributed by atoms with Crippen molar-refractivity contribution in [3.05, 3.63) is 28.7 Å². The van der Waals surface area contributed by atoms with Crippen molar-refractivity contribution in [2.24, 2.45) is 5.41 Å². The molecule has 0 radical (unpaired) electrons. The fourth-order valence-electron chi connectivity index (χ4n) is 2.33. The summed E-state index contributed by atoms with van der Waals surface area (Å²) in [5.41, 5.74) is 1.80. The Morgan fingerprint density at radius 3 is 2.25 bits per heavy atom. The average molecular weight is 282 g/mol. The van der Waals surface area contributed by atoms with Gasteiger partial charge < -0.3 is 5.32 Å². The summed E-state index contributed by atoms with van der Waals surface area (Å²) in [5.74, 6) is 0. The smallest absolute Gasteiger partial charge is 0.0343 e. The standard InChI is InChI=1S/C14H20BrN/c1-14(2)9-7-13(8-10-14)16-12-5-3-11(15)4-6-12/h3-6,13,16H,7-10H2,1-2H3. The second kappa shape index (κ2) is 4.79. The lowest BCUT2D eigenvalue weighted by Gasteiger charge is -2.35. The minimum absolute atomic E-state index is 0.553. The zero-order valence-electron chi connectivity index (χ0n) is 10.1. The van der Waals surface area contributed by atoms with Crippen LogP contribution in [-0.4, -0.2) is 6.04 Å². The molecule has 1 aromatic rings. The molecule has 1 aromatic carbocycles. The van der Waals surface area contributed by atoms with E-state index in [0.717, 1.165) is 4.47 Å². The molecule has 1 N–H and O–H groups in total. The summed E-state index contributed by atoms with van der Waals surface area (Å²) in [4.78, 5) is 0. The van der Waals surface area contributed by atoms with Crippen LogP contribution in [0.3, 0.4) is 0 Å². The SMILES string of the molecule is CC1(C)CCC(Nc2ccc(Br)cc2)CC1. The van der Waals surface area contributed by atoms with E-state index in [4.69, 9.17) is 0 Å². The molecule has 88 valence electrons. The minimum Gasteiger partial charge on any atom is -0.382 e. The van der Waals surface area contributed by atoms with Crippen molar-refractivity contribution in [3.63, 3.8) is 0 Å². The Morgan fingerprint density at radius 2 is 1.69 bits per heavy atom. The number of benzene rings is 1. The van der Waals surface area contributed by atoms with Gasteiger partial charge in [-0.05, 0) is 55.4 Å². The zero-order valence-corrected chi connectivity index (χ0v) is 11.7. The molecule has 0 heterocycles. The van der Waals surface area contributed by atoms with Crippen molar-refractivity contribution in [1.29, 1.82) is 0 Å². The second-order valence-electron chi connectivity index (χ2n) is 5.59. The molecule has 0 atom stereocenters. The van der Waals surface area contributed by atoms with Gasteiger partial charge in [-0.2, -0.15) is 0 Å². The summed E-state index contributed by atoms with van der Waals surface area (Å²) in [6.45, 7) is 4.76. The van der Waals surface area contributed by atoms with Gasteiger partial charge >= 0.3 is 0 Å². The largest absolute Gasteiger partial charge is 0.382 e. The van der Waals surface area contributed by atoms with Crippen LogP contribution in [0.2, 0.25) is 0 Å². The van der Waals surface area contributed by atoms with E-state index in [1.54, 1.807) is 0 Å². The van der Waals surface area contributed by atoms with Crippen molar-refractivity contribution in [3.8, 4) is 0 Å². The first-order valence-electron chi connectivity index (χ1n) is 6.07. The molecule has 0 aliphatic heterocycles. The van der Waals surface area contributed by atoms with Crippen LogP contribution in [0.15, 0.2) is 28.7 Å². The van der Waals surface area contributed by atoms with Crippen LogP contribution in [0.25, 0.3) is 0 Å². The van der Waals surface area contributed by atoms with Gasteiger partial charge in [0, 0.05) is 16.2 Å². The Morgan fingerprint density at radius 1 is 1.12 bits per heavy atom. The van der Waals surface area contributed by atoms with Crippen molar-refractivity contribution in [2.75, 3.05) is 5.32 Å². The molecule has 0 saturated heterocycles. The quantitative estimate of drug-likeness (QED) is 0.819. The molecule has 1 aliphatic rings. The molecule has 1 aliphatic carbocycles. The monoisotopic (exact) mass is 281 g/mol. The van der Waals surface area contributed by atoms with E-state index >= 15 is 0 Å². The van der Waals surface area contributed by atoms with Crippen LogP contribution >= 0.6 is 15.9 Å². The van der Waals surface area contributed by atoms with E-state index in [-0.39, 0.29) is 0 Å². The Kier molecular flexibility index (Phi) is 3.58. The average Bonchev–Trinajstić information content (AvgIpc) is 2.24. The minimum atomic E-state index is 0.553. The summed E-state index contributed by atoms with van der Waals surface area (Å²) in [6, 6.07) is 9.13. The van der Waals surface area contributed by atoms with Crippen molar-refractivity contribution < 1.29 is 0 Å². The first kappa shape index (κ1) is 12.0. The molecule has 2 rings (SSSR count). The highest BCUT2D eigenvalue weighted by Gasteiger charge is 2.26. The maximum atomic E-state index is 3.62. The molecular weight excluding hydrogens is 262 g/mol.